The molecule has 0 radical (unpaired) electrons. The van der Waals surface area contributed by atoms with Gasteiger partial charge in [-0.15, -0.1) is 0 Å². The molecule has 0 spiro atoms. The van der Waals surface area contributed by atoms with Gasteiger partial charge in [-0.2, -0.15) is 0 Å². The number of nitrogens with zero attached hydrogens (tertiary/aromatic N) is 2. The minimum atomic E-state index is -0.200. The second-order valence-corrected chi connectivity index (χ2v) is 8.07. The molecule has 1 N–H and O–H groups in total. The number of anilines is 1. The normalized spacial score (nSPS) is 11.2. The van der Waals surface area contributed by atoms with Crippen LogP contribution in [0.4, 0.5) is 5.69 Å². The lowest BCUT2D eigenvalue weighted by Crippen LogP contribution is -2.15. The number of aryl methyl sites for hydroxylation is 2. The van der Waals surface area contributed by atoms with Crippen LogP contribution in [0.15, 0.2) is 53.1 Å². The van der Waals surface area contributed by atoms with E-state index in [1.807, 2.05) is 56.3 Å². The molecule has 7 nitrogen and oxygen atoms in total. The van der Waals surface area contributed by atoms with Crippen molar-refractivity contribution in [2.24, 2.45) is 0 Å². The Morgan fingerprint density at radius 1 is 1.12 bits per heavy atom. The molecule has 0 saturated heterocycles. The van der Waals surface area contributed by atoms with Crippen molar-refractivity contribution in [3.8, 4) is 11.5 Å². The highest BCUT2D eigenvalue weighted by Gasteiger charge is 2.12. The molecule has 33 heavy (non-hydrogen) atoms. The predicted molar refractivity (Wildman–Crippen MR) is 130 cm³/mol. The van der Waals surface area contributed by atoms with E-state index in [4.69, 9.17) is 14.0 Å². The fraction of sp³-hybridized carbons (Fsp3) is 0.308. The van der Waals surface area contributed by atoms with Gasteiger partial charge in [0, 0.05) is 18.3 Å². The van der Waals surface area contributed by atoms with Gasteiger partial charge < -0.3 is 24.2 Å². The highest BCUT2D eigenvalue weighted by atomic mass is 16.5. The van der Waals surface area contributed by atoms with Crippen LogP contribution in [0.1, 0.15) is 28.1 Å². The van der Waals surface area contributed by atoms with Crippen LogP contribution in [0.3, 0.4) is 0 Å². The Bertz CT molecular complexity index is 1080. The SMILES string of the molecule is COc1cc(/C=C/C(=O)Nc2ccc(CCN(C)C)cc2)ccc1OCc1c(C)noc1C. The summed E-state index contributed by atoms with van der Waals surface area (Å²) in [6.45, 7) is 5.06. The first-order chi connectivity index (χ1) is 15.9. The summed E-state index contributed by atoms with van der Waals surface area (Å²) in [5, 5.41) is 6.82. The number of nitrogens with one attached hydrogen (secondary N) is 1. The molecule has 0 fully saturated rings. The molecule has 1 heterocycles. The van der Waals surface area contributed by atoms with Gasteiger partial charge in [-0.05, 0) is 75.8 Å². The summed E-state index contributed by atoms with van der Waals surface area (Å²) in [6, 6.07) is 13.4. The van der Waals surface area contributed by atoms with E-state index in [0.717, 1.165) is 41.2 Å². The fourth-order valence-electron chi connectivity index (χ4n) is 3.23. The summed E-state index contributed by atoms with van der Waals surface area (Å²) < 4.78 is 16.5. The van der Waals surface area contributed by atoms with Crippen molar-refractivity contribution in [1.82, 2.24) is 10.1 Å². The molecular formula is C26H31N3O4. The molecule has 3 aromatic rings. The zero-order valence-corrected chi connectivity index (χ0v) is 19.8. The monoisotopic (exact) mass is 449 g/mol. The first kappa shape index (κ1) is 24.1. The average molecular weight is 450 g/mol. The summed E-state index contributed by atoms with van der Waals surface area (Å²) in [5.74, 6) is 1.72. The van der Waals surface area contributed by atoms with Crippen LogP contribution in [0.5, 0.6) is 11.5 Å². The number of methoxy groups -OCH3 is 1. The minimum Gasteiger partial charge on any atom is -0.493 e. The van der Waals surface area contributed by atoms with Crippen LogP contribution in [-0.4, -0.2) is 43.7 Å². The lowest BCUT2D eigenvalue weighted by Gasteiger charge is -2.11. The first-order valence-corrected chi connectivity index (χ1v) is 10.8. The van der Waals surface area contributed by atoms with E-state index in [1.54, 1.807) is 13.2 Å². The van der Waals surface area contributed by atoms with Crippen molar-refractivity contribution >= 4 is 17.7 Å². The van der Waals surface area contributed by atoms with Crippen LogP contribution >= 0.6 is 0 Å². The Morgan fingerprint density at radius 2 is 1.88 bits per heavy atom. The average Bonchev–Trinajstić information content (AvgIpc) is 3.13. The largest absolute Gasteiger partial charge is 0.493 e. The molecule has 174 valence electrons. The van der Waals surface area contributed by atoms with E-state index in [-0.39, 0.29) is 5.91 Å². The number of carbonyl (C=O) groups is 1. The topological polar surface area (TPSA) is 76.8 Å². The summed E-state index contributed by atoms with van der Waals surface area (Å²) in [7, 11) is 5.69. The quantitative estimate of drug-likeness (QED) is 0.455. The Morgan fingerprint density at radius 3 is 2.52 bits per heavy atom. The predicted octanol–water partition coefficient (Wildman–Crippen LogP) is 4.64. The number of rotatable bonds is 10. The molecule has 0 bridgehead atoms. The summed E-state index contributed by atoms with van der Waals surface area (Å²) >= 11 is 0. The summed E-state index contributed by atoms with van der Waals surface area (Å²) in [5.41, 5.74) is 4.55. The molecular weight excluding hydrogens is 418 g/mol. The Labute approximate surface area is 195 Å². The minimum absolute atomic E-state index is 0.200. The molecule has 0 aliphatic rings. The molecule has 0 aliphatic carbocycles. The van der Waals surface area contributed by atoms with Crippen LogP contribution < -0.4 is 14.8 Å². The fourth-order valence-corrected chi connectivity index (χ4v) is 3.23. The zero-order chi connectivity index (χ0) is 23.8. The number of likely N-dealkylation sites (N-methyl/N-ethyl adjacent to an activating group) is 1. The van der Waals surface area contributed by atoms with Gasteiger partial charge in [0.15, 0.2) is 11.5 Å². The molecule has 7 heteroatoms. The van der Waals surface area contributed by atoms with Gasteiger partial charge in [-0.1, -0.05) is 23.4 Å². The van der Waals surface area contributed by atoms with Gasteiger partial charge in [0.1, 0.15) is 12.4 Å². The molecule has 2 aromatic carbocycles. The number of aromatic nitrogens is 1. The van der Waals surface area contributed by atoms with Crippen molar-refractivity contribution in [3.63, 3.8) is 0 Å². The van der Waals surface area contributed by atoms with Gasteiger partial charge in [0.05, 0.1) is 18.4 Å². The van der Waals surface area contributed by atoms with E-state index in [2.05, 4.69) is 29.5 Å². The van der Waals surface area contributed by atoms with Crippen LogP contribution in [-0.2, 0) is 17.8 Å². The number of benzene rings is 2. The van der Waals surface area contributed by atoms with E-state index >= 15 is 0 Å². The molecule has 1 aromatic heterocycles. The van der Waals surface area contributed by atoms with Crippen molar-refractivity contribution in [3.05, 3.63) is 76.7 Å². The van der Waals surface area contributed by atoms with Crippen molar-refractivity contribution in [1.29, 1.82) is 0 Å². The van der Waals surface area contributed by atoms with Crippen molar-refractivity contribution in [2.75, 3.05) is 33.1 Å². The highest BCUT2D eigenvalue weighted by Crippen LogP contribution is 2.30. The lowest BCUT2D eigenvalue weighted by atomic mass is 10.1. The van der Waals surface area contributed by atoms with E-state index in [0.29, 0.717) is 18.1 Å². The highest BCUT2D eigenvalue weighted by molar-refractivity contribution is 6.01. The van der Waals surface area contributed by atoms with Crippen LogP contribution in [0.2, 0.25) is 0 Å². The molecule has 0 saturated carbocycles. The van der Waals surface area contributed by atoms with Gasteiger partial charge in [-0.25, -0.2) is 0 Å². The smallest absolute Gasteiger partial charge is 0.248 e. The molecule has 1 amide bonds. The number of ether oxygens (including phenoxy) is 2. The summed E-state index contributed by atoms with van der Waals surface area (Å²) in [4.78, 5) is 14.5. The molecule has 0 atom stereocenters. The standard InChI is InChI=1S/C26H31N3O4/c1-18-23(19(2)33-28-18)17-32-24-12-8-21(16-25(24)31-5)9-13-26(30)27-22-10-6-20(7-11-22)14-15-29(3)4/h6-13,16H,14-15,17H2,1-5H3,(H,27,30)/b13-9+. The molecule has 3 rings (SSSR count). The Kier molecular flexibility index (Phi) is 8.27. The third-order valence-electron chi connectivity index (χ3n) is 5.24. The number of hydrogen-bond acceptors (Lipinski definition) is 6. The van der Waals surface area contributed by atoms with Gasteiger partial charge in [0.2, 0.25) is 5.91 Å². The van der Waals surface area contributed by atoms with Gasteiger partial charge in [0.25, 0.3) is 0 Å². The van der Waals surface area contributed by atoms with Gasteiger partial charge in [-0.3, -0.25) is 4.79 Å². The lowest BCUT2D eigenvalue weighted by molar-refractivity contribution is -0.111. The van der Waals surface area contributed by atoms with Crippen molar-refractivity contribution in [2.45, 2.75) is 26.9 Å². The van der Waals surface area contributed by atoms with E-state index in [9.17, 15) is 4.79 Å². The zero-order valence-electron chi connectivity index (χ0n) is 19.8. The number of hydrogen-bond donors (Lipinski definition) is 1. The number of carbonyl (C=O) groups excluding carboxylic acids is 1. The van der Waals surface area contributed by atoms with Gasteiger partial charge >= 0.3 is 0 Å². The van der Waals surface area contributed by atoms with Crippen LogP contribution in [0.25, 0.3) is 6.08 Å². The molecule has 0 aliphatic heterocycles. The van der Waals surface area contributed by atoms with E-state index in [1.165, 1.54) is 11.6 Å². The Hall–Kier alpha value is -3.58. The molecule has 0 unspecified atom stereocenters. The maximum Gasteiger partial charge on any atom is 0.248 e. The number of amides is 1. The third-order valence-corrected chi connectivity index (χ3v) is 5.24. The summed E-state index contributed by atoms with van der Waals surface area (Å²) in [6.07, 6.45) is 4.21. The first-order valence-electron chi connectivity index (χ1n) is 10.8. The van der Waals surface area contributed by atoms with Crippen LogP contribution in [0, 0.1) is 13.8 Å². The van der Waals surface area contributed by atoms with E-state index < -0.39 is 0 Å². The second kappa shape index (κ2) is 11.3. The van der Waals surface area contributed by atoms with Crippen molar-refractivity contribution < 1.29 is 18.8 Å². The maximum absolute atomic E-state index is 12.3. The Balaban J connectivity index is 1.58. The second-order valence-electron chi connectivity index (χ2n) is 8.07. The third kappa shape index (κ3) is 6.95. The maximum atomic E-state index is 12.3.